The zero-order valence-corrected chi connectivity index (χ0v) is 13.6. The minimum atomic E-state index is -0.347. The number of rotatable bonds is 1. The van der Waals surface area contributed by atoms with Gasteiger partial charge in [-0.15, -0.1) is 0 Å². The number of nitro benzene ring substituents is 1. The third kappa shape index (κ3) is 1.88. The van der Waals surface area contributed by atoms with E-state index in [4.69, 9.17) is 12.2 Å². The fourth-order valence-electron chi connectivity index (χ4n) is 2.51. The quantitative estimate of drug-likeness (QED) is 0.344. The zero-order valence-electron chi connectivity index (χ0n) is 11.1. The molecule has 4 nitrogen and oxygen atoms in total. The van der Waals surface area contributed by atoms with E-state index in [1.807, 2.05) is 26.8 Å². The summed E-state index contributed by atoms with van der Waals surface area (Å²) >= 11 is 5.43. The maximum Gasteiger partial charge on any atom is 0.293 e. The van der Waals surface area contributed by atoms with Crippen molar-refractivity contribution in [3.8, 4) is 11.1 Å². The van der Waals surface area contributed by atoms with Gasteiger partial charge in [-0.2, -0.15) is 0 Å². The Morgan fingerprint density at radius 2 is 2.05 bits per heavy atom. The summed E-state index contributed by atoms with van der Waals surface area (Å²) in [4.78, 5) is 12.1. The molecule has 0 saturated heterocycles. The molecule has 20 heavy (non-hydrogen) atoms. The van der Waals surface area contributed by atoms with Crippen LogP contribution >= 0.6 is 32.9 Å². The van der Waals surface area contributed by atoms with Crippen molar-refractivity contribution < 1.29 is 4.92 Å². The van der Waals surface area contributed by atoms with Crippen LogP contribution in [0.15, 0.2) is 12.1 Å². The Bertz CT molecular complexity index is 789. The number of benzene rings is 1. The molecule has 0 bridgehead atoms. The topological polar surface area (TPSA) is 55.2 Å². The summed E-state index contributed by atoms with van der Waals surface area (Å²) in [5, 5.41) is 14.6. The van der Waals surface area contributed by atoms with E-state index in [1.165, 1.54) is 0 Å². The van der Waals surface area contributed by atoms with Crippen molar-refractivity contribution in [2.24, 2.45) is 0 Å². The Hall–Kier alpha value is -1.31. The molecule has 0 spiro atoms. The molecule has 0 unspecified atom stereocenters. The average Bonchev–Trinajstić information content (AvgIpc) is 2.73. The van der Waals surface area contributed by atoms with Gasteiger partial charge in [0.1, 0.15) is 9.51 Å². The van der Waals surface area contributed by atoms with E-state index >= 15 is 0 Å². The van der Waals surface area contributed by atoms with Gasteiger partial charge in [0.2, 0.25) is 0 Å². The molecule has 7 heteroatoms. The number of hydrogen-bond acceptors (Lipinski definition) is 6. The van der Waals surface area contributed by atoms with Crippen LogP contribution in [-0.4, -0.2) is 4.92 Å². The molecular formula is C13H12N2O2S3. The summed E-state index contributed by atoms with van der Waals surface area (Å²) < 4.78 is 0.806. The molecule has 1 N–H and O–H groups in total. The second-order valence-corrected chi connectivity index (χ2v) is 8.19. The summed E-state index contributed by atoms with van der Waals surface area (Å²) in [6.07, 6.45) is 0. The van der Waals surface area contributed by atoms with Crippen LogP contribution in [-0.2, 0) is 5.54 Å². The molecule has 0 radical (unpaired) electrons. The van der Waals surface area contributed by atoms with Gasteiger partial charge < -0.3 is 5.32 Å². The molecule has 1 aromatic carbocycles. The lowest BCUT2D eigenvalue weighted by Crippen LogP contribution is -2.31. The Kier molecular flexibility index (Phi) is 2.97. The number of anilines is 1. The van der Waals surface area contributed by atoms with Crippen LogP contribution in [0.3, 0.4) is 0 Å². The molecule has 0 fully saturated rings. The van der Waals surface area contributed by atoms with Crippen LogP contribution in [0.25, 0.3) is 11.1 Å². The molecule has 0 amide bonds. The van der Waals surface area contributed by atoms with Crippen LogP contribution in [0.2, 0.25) is 0 Å². The lowest BCUT2D eigenvalue weighted by molar-refractivity contribution is -0.384. The van der Waals surface area contributed by atoms with E-state index in [0.29, 0.717) is 5.69 Å². The minimum absolute atomic E-state index is 0.115. The second kappa shape index (κ2) is 4.34. The normalized spacial score (nSPS) is 15.2. The first-order valence-corrected chi connectivity index (χ1v) is 8.58. The number of nitro groups is 1. The summed E-state index contributed by atoms with van der Waals surface area (Å²) in [6.45, 7) is 5.91. The van der Waals surface area contributed by atoms with Crippen LogP contribution < -0.4 is 5.32 Å². The highest BCUT2D eigenvalue weighted by atomic mass is 32.9. The van der Waals surface area contributed by atoms with Gasteiger partial charge in [0.05, 0.1) is 15.3 Å². The molecule has 0 atom stereocenters. The monoisotopic (exact) mass is 324 g/mol. The van der Waals surface area contributed by atoms with Crippen molar-refractivity contribution in [2.75, 3.05) is 5.32 Å². The standard InChI is InChI=1S/C13H12N2O2S3/c1-6-4-7-9-11(19-20-12(9)18)13(2,3)14-10(7)8(5-6)15(16)17/h4-5,14H,1-3H3. The lowest BCUT2D eigenvalue weighted by atomic mass is 9.88. The summed E-state index contributed by atoms with van der Waals surface area (Å²) in [6, 6.07) is 3.57. The Balaban J connectivity index is 2.43. The molecular weight excluding hydrogens is 312 g/mol. The zero-order chi connectivity index (χ0) is 14.7. The van der Waals surface area contributed by atoms with Gasteiger partial charge in [-0.1, -0.05) is 32.9 Å². The highest BCUT2D eigenvalue weighted by molar-refractivity contribution is 7.80. The highest BCUT2D eigenvalue weighted by Crippen LogP contribution is 2.51. The second-order valence-electron chi connectivity index (χ2n) is 5.37. The summed E-state index contributed by atoms with van der Waals surface area (Å²) in [5.41, 5.74) is 3.06. The smallest absolute Gasteiger partial charge is 0.293 e. The fraction of sp³-hybridized carbons (Fsp3) is 0.308. The van der Waals surface area contributed by atoms with Gasteiger partial charge in [0, 0.05) is 17.2 Å². The first kappa shape index (κ1) is 13.7. The molecule has 0 aliphatic carbocycles. The fourth-order valence-corrected chi connectivity index (χ4v) is 5.77. The predicted octanol–water partition coefficient (Wildman–Crippen LogP) is 5.08. The maximum atomic E-state index is 11.3. The Morgan fingerprint density at radius 3 is 2.70 bits per heavy atom. The number of hydrogen-bond donors (Lipinski definition) is 1. The van der Waals surface area contributed by atoms with Crippen molar-refractivity contribution in [3.63, 3.8) is 0 Å². The van der Waals surface area contributed by atoms with Gasteiger partial charge in [0.25, 0.3) is 5.69 Å². The van der Waals surface area contributed by atoms with E-state index in [9.17, 15) is 10.1 Å². The summed E-state index contributed by atoms with van der Waals surface area (Å²) in [7, 11) is 3.20. The molecule has 3 rings (SSSR count). The average molecular weight is 324 g/mol. The van der Waals surface area contributed by atoms with Crippen molar-refractivity contribution in [2.45, 2.75) is 26.3 Å². The van der Waals surface area contributed by atoms with Gasteiger partial charge >= 0.3 is 0 Å². The molecule has 1 aromatic heterocycles. The van der Waals surface area contributed by atoms with E-state index in [2.05, 4.69) is 5.32 Å². The number of nitrogens with zero attached hydrogens (tertiary/aromatic N) is 1. The molecule has 2 heterocycles. The third-order valence-corrected chi connectivity index (χ3v) is 6.71. The summed E-state index contributed by atoms with van der Waals surface area (Å²) in [5.74, 6) is 0. The molecule has 2 aromatic rings. The first-order valence-electron chi connectivity index (χ1n) is 6.02. The van der Waals surface area contributed by atoms with Gasteiger partial charge in [-0.25, -0.2) is 0 Å². The van der Waals surface area contributed by atoms with Gasteiger partial charge in [-0.3, -0.25) is 10.1 Å². The Morgan fingerprint density at radius 1 is 1.35 bits per heavy atom. The number of nitrogens with one attached hydrogen (secondary N) is 1. The van der Waals surface area contributed by atoms with E-state index in [0.717, 1.165) is 25.4 Å². The van der Waals surface area contributed by atoms with E-state index in [-0.39, 0.29) is 16.1 Å². The van der Waals surface area contributed by atoms with Crippen LogP contribution in [0.5, 0.6) is 0 Å². The van der Waals surface area contributed by atoms with Gasteiger partial charge in [-0.05, 0) is 32.4 Å². The van der Waals surface area contributed by atoms with E-state index in [1.54, 1.807) is 26.7 Å². The van der Waals surface area contributed by atoms with Crippen molar-refractivity contribution in [1.29, 1.82) is 0 Å². The molecule has 1 aliphatic rings. The van der Waals surface area contributed by atoms with Gasteiger partial charge in [0.15, 0.2) is 0 Å². The number of fused-ring (bicyclic) bond motifs is 3. The van der Waals surface area contributed by atoms with Crippen molar-refractivity contribution in [3.05, 3.63) is 36.5 Å². The largest absolute Gasteiger partial charge is 0.369 e. The number of aryl methyl sites for hydroxylation is 1. The third-order valence-electron chi connectivity index (χ3n) is 3.36. The van der Waals surface area contributed by atoms with E-state index < -0.39 is 0 Å². The molecule has 1 aliphatic heterocycles. The Labute approximate surface area is 128 Å². The highest BCUT2D eigenvalue weighted by Gasteiger charge is 2.36. The van der Waals surface area contributed by atoms with Crippen LogP contribution in [0.1, 0.15) is 24.3 Å². The lowest BCUT2D eigenvalue weighted by Gasteiger charge is -2.33. The van der Waals surface area contributed by atoms with Crippen LogP contribution in [0, 0.1) is 20.9 Å². The SMILES string of the molecule is Cc1cc2c(c([N+](=O)[O-])c1)NC(C)(C)c1ssc(=S)c1-2. The predicted molar refractivity (Wildman–Crippen MR) is 86.5 cm³/mol. The molecule has 0 saturated carbocycles. The van der Waals surface area contributed by atoms with Crippen molar-refractivity contribution in [1.82, 2.24) is 0 Å². The maximum absolute atomic E-state index is 11.3. The van der Waals surface area contributed by atoms with Crippen LogP contribution in [0.4, 0.5) is 11.4 Å². The first-order chi connectivity index (χ1) is 9.31. The molecule has 104 valence electrons. The van der Waals surface area contributed by atoms with Crippen molar-refractivity contribution >= 4 is 44.3 Å². The minimum Gasteiger partial charge on any atom is -0.369 e.